The first-order valence-electron chi connectivity index (χ1n) is 10.7. The van der Waals surface area contributed by atoms with E-state index in [1.807, 2.05) is 50.7 Å². The molecule has 4 saturated carbocycles. The number of hydrogen-bond donors (Lipinski definition) is 2. The average Bonchev–Trinajstić information content (AvgIpc) is 2.61. The lowest BCUT2D eigenvalue weighted by Crippen LogP contribution is -2.50. The summed E-state index contributed by atoms with van der Waals surface area (Å²) in [4.78, 5) is 25.0. The van der Waals surface area contributed by atoms with Gasteiger partial charge in [0, 0.05) is 10.4 Å². The van der Waals surface area contributed by atoms with Crippen molar-refractivity contribution in [2.24, 2.45) is 17.8 Å². The molecule has 4 aliphatic rings. The third-order valence-corrected chi connectivity index (χ3v) is 8.51. The van der Waals surface area contributed by atoms with Gasteiger partial charge in [-0.1, -0.05) is 18.2 Å². The minimum atomic E-state index is -0.169. The maximum absolute atomic E-state index is 12.6. The Morgan fingerprint density at radius 2 is 1.61 bits per heavy atom. The van der Waals surface area contributed by atoms with Crippen LogP contribution in [-0.2, 0) is 9.59 Å². The maximum Gasteiger partial charge on any atom is 0.243 e. The first-order chi connectivity index (χ1) is 13.3. The van der Waals surface area contributed by atoms with Crippen LogP contribution in [0.2, 0.25) is 0 Å². The van der Waals surface area contributed by atoms with Crippen LogP contribution in [0.25, 0.3) is 0 Å². The summed E-state index contributed by atoms with van der Waals surface area (Å²) in [6.07, 6.45) is 8.10. The third-order valence-electron chi connectivity index (χ3n) is 6.95. The van der Waals surface area contributed by atoms with Gasteiger partial charge in [0.1, 0.15) is 0 Å². The molecule has 0 saturated heterocycles. The quantitative estimate of drug-likeness (QED) is 0.742. The number of thioether (sulfide) groups is 1. The second-order valence-electron chi connectivity index (χ2n) is 9.39. The fraction of sp³-hybridized carbons (Fsp3) is 0.652. The van der Waals surface area contributed by atoms with Crippen molar-refractivity contribution in [3.63, 3.8) is 0 Å². The Hall–Kier alpha value is -1.49. The minimum Gasteiger partial charge on any atom is -0.346 e. The Labute approximate surface area is 172 Å². The molecule has 4 bridgehead atoms. The van der Waals surface area contributed by atoms with Crippen LogP contribution in [0.3, 0.4) is 0 Å². The van der Waals surface area contributed by atoms with Gasteiger partial charge in [-0.25, -0.2) is 0 Å². The molecule has 4 nitrogen and oxygen atoms in total. The Morgan fingerprint density at radius 1 is 1.07 bits per heavy atom. The summed E-state index contributed by atoms with van der Waals surface area (Å²) in [6.45, 7) is 5.98. The summed E-state index contributed by atoms with van der Waals surface area (Å²) in [5, 5.41) is 5.68. The second-order valence-corrected chi connectivity index (χ2v) is 11.2. The summed E-state index contributed by atoms with van der Waals surface area (Å²) >= 11 is 1.88. The molecule has 2 N–H and O–H groups in total. The van der Waals surface area contributed by atoms with Crippen LogP contribution in [0.5, 0.6) is 0 Å². The zero-order chi connectivity index (χ0) is 19.9. The van der Waals surface area contributed by atoms with E-state index in [4.69, 9.17) is 0 Å². The van der Waals surface area contributed by atoms with Gasteiger partial charge in [-0.15, -0.1) is 11.8 Å². The Kier molecular flexibility index (Phi) is 5.47. The van der Waals surface area contributed by atoms with Crippen molar-refractivity contribution in [1.82, 2.24) is 5.32 Å². The number of carbonyl (C=O) groups excluding carboxylic acids is 2. The van der Waals surface area contributed by atoms with E-state index in [0.717, 1.165) is 34.6 Å². The smallest absolute Gasteiger partial charge is 0.243 e. The summed E-state index contributed by atoms with van der Waals surface area (Å²) in [5.41, 5.74) is 2.91. The molecule has 5 heteroatoms. The van der Waals surface area contributed by atoms with Gasteiger partial charge in [0.2, 0.25) is 11.8 Å². The highest BCUT2D eigenvalue weighted by atomic mass is 32.2. The molecular formula is C23H32N2O2S. The fourth-order valence-electron chi connectivity index (χ4n) is 6.11. The first-order valence-corrected chi connectivity index (χ1v) is 11.5. The number of rotatable bonds is 6. The van der Waals surface area contributed by atoms with Crippen LogP contribution >= 0.6 is 11.8 Å². The van der Waals surface area contributed by atoms with Gasteiger partial charge in [0.25, 0.3) is 0 Å². The SMILES string of the molecule is Cc1cccc(C)c1NC(=O)CNC(=O)[C@@H](C)SC12CC3CC(CC(C3)C1)C2. The maximum atomic E-state index is 12.6. The third kappa shape index (κ3) is 4.10. The number of hydrogen-bond acceptors (Lipinski definition) is 3. The number of carbonyl (C=O) groups is 2. The van der Waals surface area contributed by atoms with E-state index >= 15 is 0 Å². The molecule has 5 rings (SSSR count). The van der Waals surface area contributed by atoms with Crippen molar-refractivity contribution in [3.8, 4) is 0 Å². The molecule has 1 aromatic rings. The van der Waals surface area contributed by atoms with Crippen molar-refractivity contribution in [2.75, 3.05) is 11.9 Å². The molecule has 0 heterocycles. The standard InChI is InChI=1S/C23H32N2O2S/c1-14-5-4-6-15(2)21(14)25-20(26)13-24-22(27)16(3)28-23-10-17-7-18(11-23)9-19(8-17)12-23/h4-6,16-19H,7-13H2,1-3H3,(H,24,27)(H,25,26)/t16-,17?,18?,19?,23?/m1/s1. The minimum absolute atomic E-state index is 0.0163. The number of anilines is 1. The van der Waals surface area contributed by atoms with Gasteiger partial charge >= 0.3 is 0 Å². The van der Waals surface area contributed by atoms with Crippen molar-refractivity contribution in [1.29, 1.82) is 0 Å². The monoisotopic (exact) mass is 400 g/mol. The van der Waals surface area contributed by atoms with Gasteiger partial charge in [-0.2, -0.15) is 0 Å². The van der Waals surface area contributed by atoms with E-state index < -0.39 is 0 Å². The van der Waals surface area contributed by atoms with Crippen LogP contribution in [0.1, 0.15) is 56.6 Å². The summed E-state index contributed by atoms with van der Waals surface area (Å²) in [5.74, 6) is 2.47. The molecule has 0 radical (unpaired) electrons. The molecule has 2 amide bonds. The summed E-state index contributed by atoms with van der Waals surface area (Å²) < 4.78 is 0.312. The molecule has 0 aliphatic heterocycles. The second kappa shape index (κ2) is 7.74. The molecule has 0 aromatic heterocycles. The molecule has 28 heavy (non-hydrogen) atoms. The van der Waals surface area contributed by atoms with Crippen molar-refractivity contribution >= 4 is 29.3 Å². The molecule has 4 aliphatic carbocycles. The Bertz CT molecular complexity index is 720. The van der Waals surface area contributed by atoms with E-state index in [-0.39, 0.29) is 23.6 Å². The highest BCUT2D eigenvalue weighted by molar-refractivity contribution is 8.01. The highest BCUT2D eigenvalue weighted by Gasteiger charge is 2.52. The molecule has 0 spiro atoms. The van der Waals surface area contributed by atoms with Crippen LogP contribution in [-0.4, -0.2) is 28.4 Å². The van der Waals surface area contributed by atoms with Crippen LogP contribution in [0.15, 0.2) is 18.2 Å². The molecule has 1 atom stereocenters. The van der Waals surface area contributed by atoms with Crippen molar-refractivity contribution in [2.45, 2.75) is 69.3 Å². The van der Waals surface area contributed by atoms with E-state index in [2.05, 4.69) is 10.6 Å². The Morgan fingerprint density at radius 3 is 2.14 bits per heavy atom. The lowest BCUT2D eigenvalue weighted by molar-refractivity contribution is -0.123. The molecule has 1 aromatic carbocycles. The van der Waals surface area contributed by atoms with Crippen LogP contribution in [0.4, 0.5) is 5.69 Å². The lowest BCUT2D eigenvalue weighted by Gasteiger charge is -2.57. The van der Waals surface area contributed by atoms with Gasteiger partial charge in [-0.05, 0) is 88.2 Å². The molecule has 0 unspecified atom stereocenters. The van der Waals surface area contributed by atoms with Gasteiger partial charge in [0.15, 0.2) is 0 Å². The molecular weight excluding hydrogens is 368 g/mol. The predicted molar refractivity (Wildman–Crippen MR) is 116 cm³/mol. The highest BCUT2D eigenvalue weighted by Crippen LogP contribution is 2.61. The summed E-state index contributed by atoms with van der Waals surface area (Å²) in [6, 6.07) is 5.93. The predicted octanol–water partition coefficient (Wildman–Crippen LogP) is 4.45. The van der Waals surface area contributed by atoms with Crippen molar-refractivity contribution in [3.05, 3.63) is 29.3 Å². The number of benzene rings is 1. The number of amides is 2. The largest absolute Gasteiger partial charge is 0.346 e. The average molecular weight is 401 g/mol. The summed E-state index contributed by atoms with van der Waals surface area (Å²) in [7, 11) is 0. The Balaban J connectivity index is 1.28. The van der Waals surface area contributed by atoms with E-state index in [1.54, 1.807) is 0 Å². The van der Waals surface area contributed by atoms with Gasteiger partial charge in [-0.3, -0.25) is 9.59 Å². The molecule has 4 fully saturated rings. The van der Waals surface area contributed by atoms with Gasteiger partial charge in [0.05, 0.1) is 11.8 Å². The number of aryl methyl sites for hydroxylation is 2. The lowest BCUT2D eigenvalue weighted by atomic mass is 9.56. The topological polar surface area (TPSA) is 58.2 Å². The zero-order valence-corrected chi connectivity index (χ0v) is 18.0. The molecule has 152 valence electrons. The fourth-order valence-corrected chi connectivity index (χ4v) is 8.05. The van der Waals surface area contributed by atoms with E-state index in [1.165, 1.54) is 38.5 Å². The number of para-hydroxylation sites is 1. The van der Waals surface area contributed by atoms with Gasteiger partial charge < -0.3 is 10.6 Å². The van der Waals surface area contributed by atoms with Crippen LogP contribution in [0, 0.1) is 31.6 Å². The van der Waals surface area contributed by atoms with E-state index in [9.17, 15) is 9.59 Å². The first kappa shape index (κ1) is 19.8. The van der Waals surface area contributed by atoms with E-state index in [0.29, 0.717) is 4.75 Å². The zero-order valence-electron chi connectivity index (χ0n) is 17.2. The van der Waals surface area contributed by atoms with Crippen LogP contribution < -0.4 is 10.6 Å². The number of nitrogens with one attached hydrogen (secondary N) is 2. The normalized spacial score (nSPS) is 31.5. The van der Waals surface area contributed by atoms with Crippen molar-refractivity contribution < 1.29 is 9.59 Å².